The number of nitrogens with zero attached hydrogens (tertiary/aromatic N) is 2. The molecular weight excluding hydrogens is 507 g/mol. The summed E-state index contributed by atoms with van der Waals surface area (Å²) in [5.41, 5.74) is 0. The number of benzene rings is 2. The van der Waals surface area contributed by atoms with Crippen LogP contribution in [-0.2, 0) is 11.4 Å². The Kier molecular flexibility index (Phi) is 8.18. The minimum Gasteiger partial charge on any atom is -0.486 e. The number of amides is 1. The largest absolute Gasteiger partial charge is 0.486 e. The van der Waals surface area contributed by atoms with Crippen molar-refractivity contribution in [1.82, 2.24) is 15.5 Å². The molecule has 0 aliphatic heterocycles. The highest BCUT2D eigenvalue weighted by atomic mass is 35.5. The predicted octanol–water partition coefficient (Wildman–Crippen LogP) is 5.92. The molecule has 0 unspecified atom stereocenters. The monoisotopic (exact) mass is 527 g/mol. The van der Waals surface area contributed by atoms with Gasteiger partial charge in [-0.3, -0.25) is 4.79 Å². The molecule has 1 amide bonds. The molecule has 0 saturated heterocycles. The van der Waals surface area contributed by atoms with Crippen LogP contribution in [0.5, 0.6) is 11.5 Å². The first-order valence-electron chi connectivity index (χ1n) is 10.6. The van der Waals surface area contributed by atoms with Gasteiger partial charge in [-0.2, -0.15) is 0 Å². The molecule has 1 fully saturated rings. The van der Waals surface area contributed by atoms with E-state index < -0.39 is 11.6 Å². The van der Waals surface area contributed by atoms with Crippen molar-refractivity contribution in [3.8, 4) is 11.5 Å². The second kappa shape index (κ2) is 11.3. The molecule has 1 saturated carbocycles. The summed E-state index contributed by atoms with van der Waals surface area (Å²) in [6.07, 6.45) is 3.35. The first-order valence-corrected chi connectivity index (χ1v) is 12.2. The number of rotatable bonds is 8. The number of halogens is 4. The predicted molar refractivity (Wildman–Crippen MR) is 126 cm³/mol. The Morgan fingerprint density at radius 1 is 0.971 bits per heavy atom. The van der Waals surface area contributed by atoms with Gasteiger partial charge in [-0.1, -0.05) is 34.5 Å². The SMILES string of the molecule is O=C(COc1ccc(Cl)c(F)c1)NC1CCC(c2nnc(COc3ccc(Cl)c(F)c3)s2)CC1. The number of hydrogen-bond donors (Lipinski definition) is 1. The van der Waals surface area contributed by atoms with Crippen LogP contribution in [0.15, 0.2) is 36.4 Å². The molecule has 0 bridgehead atoms. The molecule has 1 N–H and O–H groups in total. The Morgan fingerprint density at radius 3 is 2.21 bits per heavy atom. The summed E-state index contributed by atoms with van der Waals surface area (Å²) >= 11 is 12.8. The van der Waals surface area contributed by atoms with Crippen LogP contribution in [0.2, 0.25) is 10.0 Å². The lowest BCUT2D eigenvalue weighted by Crippen LogP contribution is -2.39. The van der Waals surface area contributed by atoms with E-state index >= 15 is 0 Å². The van der Waals surface area contributed by atoms with Gasteiger partial charge in [0.05, 0.1) is 10.0 Å². The van der Waals surface area contributed by atoms with Crippen LogP contribution >= 0.6 is 34.5 Å². The Hall–Kier alpha value is -2.49. The third kappa shape index (κ3) is 6.55. The molecule has 0 atom stereocenters. The van der Waals surface area contributed by atoms with Gasteiger partial charge < -0.3 is 14.8 Å². The van der Waals surface area contributed by atoms with E-state index in [1.165, 1.54) is 35.6 Å². The number of carbonyl (C=O) groups excluding carboxylic acids is 1. The number of aromatic nitrogens is 2. The first kappa shape index (κ1) is 24.6. The van der Waals surface area contributed by atoms with Crippen molar-refractivity contribution in [3.63, 3.8) is 0 Å². The molecule has 0 radical (unpaired) electrons. The smallest absolute Gasteiger partial charge is 0.258 e. The zero-order valence-corrected chi connectivity index (χ0v) is 20.2. The van der Waals surface area contributed by atoms with E-state index in [-0.39, 0.29) is 46.9 Å². The Bertz CT molecular complexity index is 1160. The van der Waals surface area contributed by atoms with Gasteiger partial charge in [-0.25, -0.2) is 8.78 Å². The van der Waals surface area contributed by atoms with E-state index in [1.54, 1.807) is 6.07 Å². The molecule has 4 rings (SSSR count). The lowest BCUT2D eigenvalue weighted by atomic mass is 9.86. The highest BCUT2D eigenvalue weighted by Gasteiger charge is 2.26. The maximum Gasteiger partial charge on any atom is 0.258 e. The van der Waals surface area contributed by atoms with Crippen molar-refractivity contribution in [2.24, 2.45) is 0 Å². The van der Waals surface area contributed by atoms with Crippen molar-refractivity contribution in [2.75, 3.05) is 6.61 Å². The molecule has 3 aromatic rings. The Morgan fingerprint density at radius 2 is 1.59 bits per heavy atom. The maximum absolute atomic E-state index is 13.5. The highest BCUT2D eigenvalue weighted by molar-refractivity contribution is 7.11. The van der Waals surface area contributed by atoms with Crippen LogP contribution in [0.1, 0.15) is 41.6 Å². The van der Waals surface area contributed by atoms with E-state index in [0.29, 0.717) is 10.8 Å². The van der Waals surface area contributed by atoms with Gasteiger partial charge in [0.1, 0.15) is 34.7 Å². The van der Waals surface area contributed by atoms with Crippen molar-refractivity contribution in [2.45, 2.75) is 44.2 Å². The average molecular weight is 528 g/mol. The lowest BCUT2D eigenvalue weighted by Gasteiger charge is -2.27. The molecule has 180 valence electrons. The third-order valence-electron chi connectivity index (χ3n) is 5.44. The van der Waals surface area contributed by atoms with E-state index in [1.807, 2.05) is 0 Å². The molecule has 6 nitrogen and oxygen atoms in total. The molecule has 2 aromatic carbocycles. The lowest BCUT2D eigenvalue weighted by molar-refractivity contribution is -0.124. The molecule has 0 spiro atoms. The quantitative estimate of drug-likeness (QED) is 0.393. The molecule has 1 aliphatic rings. The number of carbonyl (C=O) groups is 1. The first-order chi connectivity index (χ1) is 16.4. The average Bonchev–Trinajstić information content (AvgIpc) is 3.30. The minimum atomic E-state index is -0.594. The minimum absolute atomic E-state index is 0.000541. The topological polar surface area (TPSA) is 73.3 Å². The van der Waals surface area contributed by atoms with Crippen LogP contribution in [0, 0.1) is 11.6 Å². The fraction of sp³-hybridized carbons (Fsp3) is 0.348. The molecule has 1 heterocycles. The fourth-order valence-electron chi connectivity index (χ4n) is 3.67. The van der Waals surface area contributed by atoms with E-state index in [9.17, 15) is 13.6 Å². The maximum atomic E-state index is 13.5. The van der Waals surface area contributed by atoms with Crippen LogP contribution in [0.3, 0.4) is 0 Å². The number of ether oxygens (including phenoxy) is 2. The van der Waals surface area contributed by atoms with Crippen molar-refractivity contribution < 1.29 is 23.0 Å². The zero-order valence-electron chi connectivity index (χ0n) is 17.9. The fourth-order valence-corrected chi connectivity index (χ4v) is 4.83. The van der Waals surface area contributed by atoms with E-state index in [4.69, 9.17) is 32.7 Å². The van der Waals surface area contributed by atoms with Crippen molar-refractivity contribution >= 4 is 40.4 Å². The van der Waals surface area contributed by atoms with Gasteiger partial charge >= 0.3 is 0 Å². The van der Waals surface area contributed by atoms with Crippen LogP contribution in [-0.4, -0.2) is 28.8 Å². The molecule has 34 heavy (non-hydrogen) atoms. The van der Waals surface area contributed by atoms with Crippen LogP contribution < -0.4 is 14.8 Å². The second-order valence-electron chi connectivity index (χ2n) is 7.88. The zero-order chi connectivity index (χ0) is 24.1. The summed E-state index contributed by atoms with van der Waals surface area (Å²) in [7, 11) is 0. The van der Waals surface area contributed by atoms with Gasteiger partial charge in [0.2, 0.25) is 0 Å². The summed E-state index contributed by atoms with van der Waals surface area (Å²) < 4.78 is 37.9. The molecule has 1 aliphatic carbocycles. The normalized spacial score (nSPS) is 17.9. The molecule has 11 heteroatoms. The Balaban J connectivity index is 1.20. The summed E-state index contributed by atoms with van der Waals surface area (Å²) in [6.45, 7) is -0.0000587. The summed E-state index contributed by atoms with van der Waals surface area (Å²) in [6, 6.07) is 8.37. The highest BCUT2D eigenvalue weighted by Crippen LogP contribution is 2.34. The summed E-state index contributed by atoms with van der Waals surface area (Å²) in [4.78, 5) is 12.2. The number of nitrogens with one attached hydrogen (secondary N) is 1. The third-order valence-corrected chi connectivity index (χ3v) is 7.11. The van der Waals surface area contributed by atoms with Gasteiger partial charge in [0, 0.05) is 24.1 Å². The van der Waals surface area contributed by atoms with Gasteiger partial charge in [0.25, 0.3) is 5.91 Å². The summed E-state index contributed by atoms with van der Waals surface area (Å²) in [5, 5.41) is 13.1. The molecular formula is C23H21Cl2F2N3O3S. The summed E-state index contributed by atoms with van der Waals surface area (Å²) in [5.74, 6) is -0.499. The van der Waals surface area contributed by atoms with Gasteiger partial charge in [0.15, 0.2) is 11.6 Å². The number of hydrogen-bond acceptors (Lipinski definition) is 6. The Labute approximate surface area is 209 Å². The van der Waals surface area contributed by atoms with Crippen molar-refractivity contribution in [1.29, 1.82) is 0 Å². The second-order valence-corrected chi connectivity index (χ2v) is 9.79. The standard InChI is InChI=1S/C23H21Cl2F2N3O3S/c24-17-7-5-15(9-19(17)26)32-11-21(31)28-14-3-1-13(2-4-14)23-30-29-22(34-23)12-33-16-6-8-18(25)20(27)10-16/h5-10,13-14H,1-4,11-12H2,(H,28,31). The van der Waals surface area contributed by atoms with Crippen LogP contribution in [0.4, 0.5) is 8.78 Å². The van der Waals surface area contributed by atoms with Gasteiger partial charge in [-0.15, -0.1) is 10.2 Å². The van der Waals surface area contributed by atoms with Crippen molar-refractivity contribution in [3.05, 3.63) is 68.1 Å². The van der Waals surface area contributed by atoms with E-state index in [0.717, 1.165) is 36.8 Å². The van der Waals surface area contributed by atoms with Crippen LogP contribution in [0.25, 0.3) is 0 Å². The van der Waals surface area contributed by atoms with E-state index in [2.05, 4.69) is 15.5 Å². The van der Waals surface area contributed by atoms with Gasteiger partial charge in [-0.05, 0) is 49.9 Å². The molecule has 1 aromatic heterocycles.